The topological polar surface area (TPSA) is 50.7 Å². The molecule has 114 valence electrons. The number of benzene rings is 2. The minimum Gasteiger partial charge on any atom is -0.295 e. The zero-order valence-corrected chi connectivity index (χ0v) is 12.7. The van der Waals surface area contributed by atoms with Gasteiger partial charge >= 0.3 is 5.69 Å². The van der Waals surface area contributed by atoms with Crippen molar-refractivity contribution in [2.45, 2.75) is 0 Å². The maximum Gasteiger partial charge on any atom is 0.328 e. The van der Waals surface area contributed by atoms with Crippen molar-refractivity contribution in [3.8, 4) is 6.07 Å². The van der Waals surface area contributed by atoms with Crippen molar-refractivity contribution < 1.29 is 4.39 Å². The summed E-state index contributed by atoms with van der Waals surface area (Å²) in [5, 5.41) is 9.35. The highest BCUT2D eigenvalue weighted by Gasteiger charge is 2.08. The number of hydrogen-bond donors (Lipinski definition) is 0. The van der Waals surface area contributed by atoms with Gasteiger partial charge in [0.2, 0.25) is 0 Å². The van der Waals surface area contributed by atoms with Crippen LogP contribution in [0.25, 0.3) is 22.7 Å². The Morgan fingerprint density at radius 2 is 1.87 bits per heavy atom. The Morgan fingerprint density at radius 1 is 1.13 bits per heavy atom. The molecule has 1 heterocycles. The SMILES string of the molecule is Cn1c(=O)n(C)c2cc(C=C(C#N)c3cccc(F)c3)ccc21. The standard InChI is InChI=1S/C18H14FN3O/c1-21-16-7-6-12(9-17(16)22(2)18(21)23)8-14(11-20)13-4-3-5-15(19)10-13/h3-10H,1-2H3. The van der Waals surface area contributed by atoms with Gasteiger partial charge in [-0.15, -0.1) is 0 Å². The fourth-order valence-corrected chi connectivity index (χ4v) is 2.62. The summed E-state index contributed by atoms with van der Waals surface area (Å²) in [5.41, 5.74) is 3.16. The van der Waals surface area contributed by atoms with Crippen LogP contribution >= 0.6 is 0 Å². The molecule has 23 heavy (non-hydrogen) atoms. The van der Waals surface area contributed by atoms with E-state index in [-0.39, 0.29) is 11.5 Å². The van der Waals surface area contributed by atoms with Crippen LogP contribution in [0.3, 0.4) is 0 Å². The van der Waals surface area contributed by atoms with Crippen molar-refractivity contribution >= 4 is 22.7 Å². The largest absolute Gasteiger partial charge is 0.328 e. The minimum atomic E-state index is -0.385. The number of hydrogen-bond acceptors (Lipinski definition) is 2. The highest BCUT2D eigenvalue weighted by molar-refractivity contribution is 5.91. The Bertz CT molecular complexity index is 1030. The summed E-state index contributed by atoms with van der Waals surface area (Å²) in [6.45, 7) is 0. The molecule has 0 aliphatic heterocycles. The van der Waals surface area contributed by atoms with Gasteiger partial charge in [-0.3, -0.25) is 9.13 Å². The highest BCUT2D eigenvalue weighted by atomic mass is 19.1. The van der Waals surface area contributed by atoms with Crippen molar-refractivity contribution in [2.24, 2.45) is 14.1 Å². The molecule has 0 saturated heterocycles. The second kappa shape index (κ2) is 5.58. The van der Waals surface area contributed by atoms with E-state index in [0.29, 0.717) is 11.1 Å². The third kappa shape index (κ3) is 2.55. The van der Waals surface area contributed by atoms with E-state index >= 15 is 0 Å². The molecule has 0 N–H and O–H groups in total. The third-order valence-corrected chi connectivity index (χ3v) is 3.86. The number of fused-ring (bicyclic) bond motifs is 1. The summed E-state index contributed by atoms with van der Waals surface area (Å²) in [7, 11) is 3.42. The maximum atomic E-state index is 13.3. The summed E-state index contributed by atoms with van der Waals surface area (Å²) in [6.07, 6.45) is 1.69. The van der Waals surface area contributed by atoms with E-state index in [0.717, 1.165) is 16.6 Å². The molecule has 0 amide bonds. The van der Waals surface area contributed by atoms with Gasteiger partial charge in [0.05, 0.1) is 22.7 Å². The predicted molar refractivity (Wildman–Crippen MR) is 88.0 cm³/mol. The molecular formula is C18H14FN3O. The lowest BCUT2D eigenvalue weighted by Crippen LogP contribution is -2.19. The third-order valence-electron chi connectivity index (χ3n) is 3.86. The molecule has 0 saturated carbocycles. The fraction of sp³-hybridized carbons (Fsp3) is 0.111. The Kier molecular flexibility index (Phi) is 3.59. The zero-order chi connectivity index (χ0) is 16.6. The number of aryl methyl sites for hydroxylation is 2. The van der Waals surface area contributed by atoms with Crippen LogP contribution in [0.4, 0.5) is 4.39 Å². The predicted octanol–water partition coefficient (Wildman–Crippen LogP) is 3.08. The van der Waals surface area contributed by atoms with Crippen LogP contribution in [0.2, 0.25) is 0 Å². The highest BCUT2D eigenvalue weighted by Crippen LogP contribution is 2.21. The van der Waals surface area contributed by atoms with Gasteiger partial charge in [0.15, 0.2) is 0 Å². The molecule has 0 bridgehead atoms. The molecule has 0 aliphatic carbocycles. The zero-order valence-electron chi connectivity index (χ0n) is 12.7. The number of halogens is 1. The van der Waals surface area contributed by atoms with Crippen LogP contribution in [0, 0.1) is 17.1 Å². The summed E-state index contributed by atoms with van der Waals surface area (Å²) in [4.78, 5) is 12.0. The van der Waals surface area contributed by atoms with E-state index in [1.807, 2.05) is 18.2 Å². The second-order valence-corrected chi connectivity index (χ2v) is 5.33. The fourth-order valence-electron chi connectivity index (χ4n) is 2.62. The quantitative estimate of drug-likeness (QED) is 0.539. The molecule has 5 heteroatoms. The van der Waals surface area contributed by atoms with Crippen molar-refractivity contribution in [1.82, 2.24) is 9.13 Å². The van der Waals surface area contributed by atoms with Gasteiger partial charge in [0, 0.05) is 14.1 Å². The molecule has 1 aromatic heterocycles. The van der Waals surface area contributed by atoms with Gasteiger partial charge in [-0.25, -0.2) is 9.18 Å². The summed E-state index contributed by atoms with van der Waals surface area (Å²) >= 11 is 0. The number of allylic oxidation sites excluding steroid dienone is 1. The van der Waals surface area contributed by atoms with Crippen LogP contribution in [0.15, 0.2) is 47.3 Å². The number of aromatic nitrogens is 2. The molecule has 3 rings (SSSR count). The Balaban J connectivity index is 2.14. The number of nitriles is 1. The van der Waals surface area contributed by atoms with Crippen LogP contribution in [0.5, 0.6) is 0 Å². The normalized spacial score (nSPS) is 11.7. The van der Waals surface area contributed by atoms with Crippen LogP contribution < -0.4 is 5.69 Å². The molecule has 0 aliphatic rings. The van der Waals surface area contributed by atoms with E-state index in [9.17, 15) is 14.4 Å². The lowest BCUT2D eigenvalue weighted by molar-refractivity contribution is 0.627. The van der Waals surface area contributed by atoms with Crippen LogP contribution in [-0.2, 0) is 14.1 Å². The lowest BCUT2D eigenvalue weighted by atomic mass is 10.0. The first-order chi connectivity index (χ1) is 11.0. The van der Waals surface area contributed by atoms with E-state index in [1.54, 1.807) is 41.4 Å². The van der Waals surface area contributed by atoms with E-state index < -0.39 is 0 Å². The molecule has 0 spiro atoms. The molecule has 3 aromatic rings. The van der Waals surface area contributed by atoms with Crippen molar-refractivity contribution in [1.29, 1.82) is 5.26 Å². The first-order valence-electron chi connectivity index (χ1n) is 7.04. The lowest BCUT2D eigenvalue weighted by Gasteiger charge is -2.01. The number of nitrogens with zero attached hydrogens (tertiary/aromatic N) is 3. The summed E-state index contributed by atoms with van der Waals surface area (Å²) < 4.78 is 16.5. The first kappa shape index (κ1) is 14.8. The molecule has 0 atom stereocenters. The molecule has 0 fully saturated rings. The molecule has 0 radical (unpaired) electrons. The molecule has 0 unspecified atom stereocenters. The van der Waals surface area contributed by atoms with Gasteiger partial charge in [0.1, 0.15) is 5.82 Å². The van der Waals surface area contributed by atoms with E-state index in [4.69, 9.17) is 0 Å². The molecule has 4 nitrogen and oxygen atoms in total. The van der Waals surface area contributed by atoms with Crippen LogP contribution in [-0.4, -0.2) is 9.13 Å². The maximum absolute atomic E-state index is 13.3. The minimum absolute atomic E-state index is 0.105. The van der Waals surface area contributed by atoms with Gasteiger partial charge in [0.25, 0.3) is 0 Å². The molecular weight excluding hydrogens is 293 g/mol. The first-order valence-corrected chi connectivity index (χ1v) is 7.04. The second-order valence-electron chi connectivity index (χ2n) is 5.33. The smallest absolute Gasteiger partial charge is 0.295 e. The van der Waals surface area contributed by atoms with Gasteiger partial charge in [-0.05, 0) is 41.5 Å². The van der Waals surface area contributed by atoms with E-state index in [2.05, 4.69) is 6.07 Å². The van der Waals surface area contributed by atoms with Crippen LogP contribution in [0.1, 0.15) is 11.1 Å². The summed E-state index contributed by atoms with van der Waals surface area (Å²) in [6, 6.07) is 13.5. The Labute approximate surface area is 132 Å². The van der Waals surface area contributed by atoms with Crippen molar-refractivity contribution in [2.75, 3.05) is 0 Å². The summed E-state index contributed by atoms with van der Waals surface area (Å²) in [5.74, 6) is -0.385. The Morgan fingerprint density at radius 3 is 2.57 bits per heavy atom. The van der Waals surface area contributed by atoms with Crippen molar-refractivity contribution in [3.05, 3.63) is 69.9 Å². The average Bonchev–Trinajstić information content (AvgIpc) is 2.77. The van der Waals surface area contributed by atoms with Gasteiger partial charge < -0.3 is 0 Å². The van der Waals surface area contributed by atoms with E-state index in [1.165, 1.54) is 12.1 Å². The van der Waals surface area contributed by atoms with Crippen molar-refractivity contribution in [3.63, 3.8) is 0 Å². The molecule has 2 aromatic carbocycles. The Hall–Kier alpha value is -3.13. The monoisotopic (exact) mass is 307 g/mol. The average molecular weight is 307 g/mol. The number of imidazole rings is 1. The van der Waals surface area contributed by atoms with Gasteiger partial charge in [-0.1, -0.05) is 18.2 Å². The number of rotatable bonds is 2. The van der Waals surface area contributed by atoms with Gasteiger partial charge in [-0.2, -0.15) is 5.26 Å².